The van der Waals surface area contributed by atoms with Gasteiger partial charge in [0.05, 0.1) is 12.2 Å². The first-order valence-corrected chi connectivity index (χ1v) is 13.2. The summed E-state index contributed by atoms with van der Waals surface area (Å²) in [5, 5.41) is 8.37. The summed E-state index contributed by atoms with van der Waals surface area (Å²) in [6.45, 7) is 4.84. The summed E-state index contributed by atoms with van der Waals surface area (Å²) in [4.78, 5) is 3.98. The number of rotatable bonds is 8. The highest BCUT2D eigenvalue weighted by Gasteiger charge is 2.46. The number of hydrogen-bond acceptors (Lipinski definition) is 5. The van der Waals surface area contributed by atoms with Gasteiger partial charge in [-0.1, -0.05) is 37.3 Å². The molecule has 0 amide bonds. The summed E-state index contributed by atoms with van der Waals surface area (Å²) in [5.41, 5.74) is 1.36. The lowest BCUT2D eigenvalue weighted by atomic mass is 9.77. The molecule has 2 aromatic carbocycles. The van der Waals surface area contributed by atoms with E-state index in [2.05, 4.69) is 15.2 Å². The summed E-state index contributed by atoms with van der Waals surface area (Å²) in [5.74, 6) is -1.99. The van der Waals surface area contributed by atoms with Crippen LogP contribution in [0.25, 0.3) is 11.3 Å². The minimum atomic E-state index is -3.17. The molecule has 4 aromatic rings. The van der Waals surface area contributed by atoms with Gasteiger partial charge in [0.2, 0.25) is 0 Å². The fourth-order valence-corrected chi connectivity index (χ4v) is 5.36. The van der Waals surface area contributed by atoms with Crippen LogP contribution in [0.2, 0.25) is 0 Å². The molecular weight excluding hydrogens is 459 g/mol. The average molecular weight is 485 g/mol. The molecule has 0 bridgehead atoms. The SMILES string of the molecule is C[C@@H](c1ccc(-c2ccnn2C)cc1)[C@@](Cn1cncn1)(OP(C)(C)=O)c1ccc(F)cc1F. The smallest absolute Gasteiger partial charge is 0.198 e. The lowest BCUT2D eigenvalue weighted by Gasteiger charge is -2.41. The molecule has 0 aliphatic carbocycles. The lowest BCUT2D eigenvalue weighted by molar-refractivity contribution is 0.0207. The maximum Gasteiger partial charge on any atom is 0.198 e. The van der Waals surface area contributed by atoms with Crippen LogP contribution in [0.5, 0.6) is 0 Å². The van der Waals surface area contributed by atoms with Crippen LogP contribution in [-0.4, -0.2) is 37.9 Å². The van der Waals surface area contributed by atoms with Gasteiger partial charge >= 0.3 is 0 Å². The molecule has 2 heterocycles. The minimum Gasteiger partial charge on any atom is -0.315 e. The topological polar surface area (TPSA) is 74.8 Å². The van der Waals surface area contributed by atoms with Crippen molar-refractivity contribution in [2.75, 3.05) is 13.3 Å². The van der Waals surface area contributed by atoms with Crippen molar-refractivity contribution in [3.05, 3.63) is 90.1 Å². The van der Waals surface area contributed by atoms with Crippen molar-refractivity contribution < 1.29 is 17.9 Å². The number of nitrogens with zero attached hydrogens (tertiary/aromatic N) is 5. The van der Waals surface area contributed by atoms with Crippen LogP contribution in [-0.2, 0) is 28.3 Å². The third kappa shape index (κ3) is 4.86. The van der Waals surface area contributed by atoms with Gasteiger partial charge in [0.1, 0.15) is 29.9 Å². The van der Waals surface area contributed by atoms with E-state index in [0.717, 1.165) is 22.9 Å². The molecule has 34 heavy (non-hydrogen) atoms. The van der Waals surface area contributed by atoms with Crippen molar-refractivity contribution in [1.82, 2.24) is 24.5 Å². The number of halogens is 2. The zero-order chi connectivity index (χ0) is 24.5. The summed E-state index contributed by atoms with van der Waals surface area (Å²) >= 11 is 0. The van der Waals surface area contributed by atoms with E-state index in [-0.39, 0.29) is 12.1 Å². The summed E-state index contributed by atoms with van der Waals surface area (Å²) in [7, 11) is -1.30. The summed E-state index contributed by atoms with van der Waals surface area (Å²) in [6, 6.07) is 13.0. The molecule has 0 aliphatic rings. The maximum atomic E-state index is 15.3. The first-order chi connectivity index (χ1) is 16.1. The Kier molecular flexibility index (Phi) is 6.51. The average Bonchev–Trinajstić information content (AvgIpc) is 3.43. The van der Waals surface area contributed by atoms with Gasteiger partial charge in [-0.3, -0.25) is 9.25 Å². The highest BCUT2D eigenvalue weighted by molar-refractivity contribution is 7.57. The van der Waals surface area contributed by atoms with E-state index in [4.69, 9.17) is 4.52 Å². The number of aryl methyl sites for hydroxylation is 1. The fraction of sp³-hybridized carbons (Fsp3) is 0.292. The zero-order valence-corrected chi connectivity index (χ0v) is 20.3. The van der Waals surface area contributed by atoms with Crippen LogP contribution < -0.4 is 0 Å². The normalized spacial score (nSPS) is 14.6. The standard InChI is InChI=1S/C24H26F2N5O2P/c1-17(18-5-7-19(8-6-18)23-11-12-28-30(23)2)24(33-34(3,4)32,14-31-16-27-15-29-31)21-10-9-20(25)13-22(21)26/h5-13,15-17H,14H2,1-4H3/t17-,24+/m0/s1. The Hall–Kier alpha value is -3.16. The summed E-state index contributed by atoms with van der Waals surface area (Å²) < 4.78 is 51.6. The van der Waals surface area contributed by atoms with Crippen molar-refractivity contribution in [2.24, 2.45) is 7.05 Å². The van der Waals surface area contributed by atoms with Crippen molar-refractivity contribution in [3.8, 4) is 11.3 Å². The van der Waals surface area contributed by atoms with Crippen LogP contribution in [0.15, 0.2) is 67.4 Å². The molecule has 2 atom stereocenters. The van der Waals surface area contributed by atoms with Gasteiger partial charge in [-0.2, -0.15) is 10.2 Å². The fourth-order valence-electron chi connectivity index (χ4n) is 4.26. The number of benzene rings is 2. The minimum absolute atomic E-state index is 0.0197. The molecule has 2 aromatic heterocycles. The van der Waals surface area contributed by atoms with E-state index < -0.39 is 30.5 Å². The van der Waals surface area contributed by atoms with E-state index in [1.807, 2.05) is 44.3 Å². The van der Waals surface area contributed by atoms with E-state index >= 15 is 4.39 Å². The number of aromatic nitrogens is 5. The second-order valence-corrected chi connectivity index (χ2v) is 11.3. The van der Waals surface area contributed by atoms with Gasteiger partial charge in [0, 0.05) is 44.1 Å². The van der Waals surface area contributed by atoms with Crippen molar-refractivity contribution in [3.63, 3.8) is 0 Å². The third-order valence-corrected chi connectivity index (χ3v) is 6.63. The van der Waals surface area contributed by atoms with Gasteiger partial charge < -0.3 is 4.52 Å². The number of hydrogen-bond donors (Lipinski definition) is 0. The molecule has 4 rings (SSSR count). The molecule has 10 heteroatoms. The van der Waals surface area contributed by atoms with Crippen LogP contribution in [0, 0.1) is 11.6 Å². The Labute approximate surface area is 196 Å². The van der Waals surface area contributed by atoms with Gasteiger partial charge in [-0.05, 0) is 23.3 Å². The molecule has 0 saturated carbocycles. The molecule has 178 valence electrons. The largest absolute Gasteiger partial charge is 0.315 e. The Bertz CT molecular complexity index is 1320. The quantitative estimate of drug-likeness (QED) is 0.320. The molecule has 0 N–H and O–H groups in total. The second kappa shape index (κ2) is 9.24. The van der Waals surface area contributed by atoms with E-state index in [0.29, 0.717) is 0 Å². The highest BCUT2D eigenvalue weighted by Crippen LogP contribution is 2.53. The Morgan fingerprint density at radius 1 is 1.09 bits per heavy atom. The summed E-state index contributed by atoms with van der Waals surface area (Å²) in [6.07, 6.45) is 4.56. The van der Waals surface area contributed by atoms with Gasteiger partial charge in [0.15, 0.2) is 7.37 Å². The molecule has 7 nitrogen and oxygen atoms in total. The van der Waals surface area contributed by atoms with Gasteiger partial charge in [-0.15, -0.1) is 0 Å². The monoisotopic (exact) mass is 485 g/mol. The van der Waals surface area contributed by atoms with Crippen LogP contribution >= 0.6 is 7.37 Å². The van der Waals surface area contributed by atoms with E-state index in [1.54, 1.807) is 10.9 Å². The van der Waals surface area contributed by atoms with Crippen LogP contribution in [0.1, 0.15) is 24.0 Å². The molecular formula is C24H26F2N5O2P. The maximum absolute atomic E-state index is 15.3. The van der Waals surface area contributed by atoms with Gasteiger partial charge in [0.25, 0.3) is 0 Å². The third-order valence-electron chi connectivity index (χ3n) is 5.86. The van der Waals surface area contributed by atoms with Crippen molar-refractivity contribution in [2.45, 2.75) is 25.0 Å². The molecule has 0 unspecified atom stereocenters. The zero-order valence-electron chi connectivity index (χ0n) is 19.4. The molecule has 0 saturated heterocycles. The van der Waals surface area contributed by atoms with Crippen molar-refractivity contribution >= 4 is 7.37 Å². The Morgan fingerprint density at radius 3 is 2.38 bits per heavy atom. The van der Waals surface area contributed by atoms with E-state index in [1.165, 1.54) is 42.8 Å². The lowest BCUT2D eigenvalue weighted by Crippen LogP contribution is -2.40. The highest BCUT2D eigenvalue weighted by atomic mass is 31.2. The molecule has 0 radical (unpaired) electrons. The first-order valence-electron chi connectivity index (χ1n) is 10.7. The molecule has 0 fully saturated rings. The predicted octanol–water partition coefficient (Wildman–Crippen LogP) is 5.21. The van der Waals surface area contributed by atoms with Crippen LogP contribution in [0.4, 0.5) is 8.78 Å². The van der Waals surface area contributed by atoms with Gasteiger partial charge in [-0.25, -0.2) is 18.4 Å². The molecule has 0 spiro atoms. The van der Waals surface area contributed by atoms with E-state index in [9.17, 15) is 8.96 Å². The second-order valence-electron chi connectivity index (χ2n) is 8.63. The molecule has 0 aliphatic heterocycles. The Morgan fingerprint density at radius 2 is 1.82 bits per heavy atom. The van der Waals surface area contributed by atoms with Crippen molar-refractivity contribution in [1.29, 1.82) is 0 Å². The predicted molar refractivity (Wildman–Crippen MR) is 126 cm³/mol. The van der Waals surface area contributed by atoms with Crippen LogP contribution in [0.3, 0.4) is 0 Å². The first kappa shape index (κ1) is 24.0. The Balaban J connectivity index is 1.86.